The Bertz CT molecular complexity index is 1120. The third-order valence-electron chi connectivity index (χ3n) is 4.70. The molecule has 0 spiro atoms. The molecule has 3 aromatic carbocycles. The molecule has 30 heavy (non-hydrogen) atoms. The molecule has 1 amide bonds. The summed E-state index contributed by atoms with van der Waals surface area (Å²) in [4.78, 5) is 12.9. The van der Waals surface area contributed by atoms with E-state index in [0.717, 1.165) is 21.0 Å². The Hall–Kier alpha value is -2.67. The van der Waals surface area contributed by atoms with Crippen LogP contribution in [0.2, 0.25) is 5.02 Å². The molecule has 5 nitrogen and oxygen atoms in total. The van der Waals surface area contributed by atoms with Crippen LogP contribution in [0.15, 0.2) is 83.8 Å². The van der Waals surface area contributed by atoms with Gasteiger partial charge < -0.3 is 5.32 Å². The number of hydrogen-bond acceptors (Lipinski definition) is 3. The Labute approximate surface area is 182 Å². The van der Waals surface area contributed by atoms with Gasteiger partial charge in [0.1, 0.15) is 0 Å². The highest BCUT2D eigenvalue weighted by molar-refractivity contribution is 7.89. The van der Waals surface area contributed by atoms with E-state index in [1.165, 1.54) is 31.3 Å². The molecule has 7 heteroatoms. The summed E-state index contributed by atoms with van der Waals surface area (Å²) in [6, 6.07) is 22.9. The monoisotopic (exact) mass is 442 g/mol. The standard InChI is InChI=1S/C23H23ClN2O3S/c1-17-7-6-10-19(15-17)23(18-8-4-3-5-9-18)25-22(27)16-26(2)30(28,29)21-13-11-20(24)12-14-21/h3-15,23H,16H2,1-2H3,(H,25,27)/t23-/m0/s1. The molecule has 0 aliphatic rings. The first kappa shape index (κ1) is 22.0. The Morgan fingerprint density at radius 1 is 0.967 bits per heavy atom. The molecule has 0 saturated carbocycles. The zero-order valence-electron chi connectivity index (χ0n) is 16.7. The van der Waals surface area contributed by atoms with Gasteiger partial charge in [0, 0.05) is 12.1 Å². The minimum atomic E-state index is -3.81. The van der Waals surface area contributed by atoms with Gasteiger partial charge in [-0.25, -0.2) is 8.42 Å². The van der Waals surface area contributed by atoms with Crippen LogP contribution in [-0.2, 0) is 14.8 Å². The Morgan fingerprint density at radius 2 is 1.60 bits per heavy atom. The van der Waals surface area contributed by atoms with Crippen molar-refractivity contribution >= 4 is 27.5 Å². The third kappa shape index (κ3) is 5.27. The molecule has 0 aliphatic heterocycles. The molecule has 0 unspecified atom stereocenters. The van der Waals surface area contributed by atoms with Gasteiger partial charge in [-0.05, 0) is 42.3 Å². The highest BCUT2D eigenvalue weighted by Crippen LogP contribution is 2.23. The summed E-state index contributed by atoms with van der Waals surface area (Å²) < 4.78 is 26.5. The lowest BCUT2D eigenvalue weighted by Gasteiger charge is -2.22. The minimum Gasteiger partial charge on any atom is -0.344 e. The second kappa shape index (κ2) is 9.43. The number of likely N-dealkylation sites (N-methyl/N-ethyl adjacent to an activating group) is 1. The van der Waals surface area contributed by atoms with E-state index in [4.69, 9.17) is 11.6 Å². The number of rotatable bonds is 7. The molecule has 0 radical (unpaired) electrons. The summed E-state index contributed by atoms with van der Waals surface area (Å²) in [5, 5.41) is 3.42. The lowest BCUT2D eigenvalue weighted by molar-refractivity contribution is -0.121. The van der Waals surface area contributed by atoms with Gasteiger partial charge in [-0.3, -0.25) is 4.79 Å². The number of halogens is 1. The predicted molar refractivity (Wildman–Crippen MR) is 119 cm³/mol. The van der Waals surface area contributed by atoms with Crippen LogP contribution in [0.5, 0.6) is 0 Å². The summed E-state index contributed by atoms with van der Waals surface area (Å²) in [6.45, 7) is 1.68. The number of carbonyl (C=O) groups excluding carboxylic acids is 1. The topological polar surface area (TPSA) is 66.5 Å². The van der Waals surface area contributed by atoms with Gasteiger partial charge in [-0.1, -0.05) is 71.8 Å². The van der Waals surface area contributed by atoms with Gasteiger partial charge >= 0.3 is 0 Å². The lowest BCUT2D eigenvalue weighted by atomic mass is 9.97. The van der Waals surface area contributed by atoms with Crippen molar-refractivity contribution in [2.75, 3.05) is 13.6 Å². The van der Waals surface area contributed by atoms with E-state index in [2.05, 4.69) is 5.32 Å². The quantitative estimate of drug-likeness (QED) is 0.597. The maximum atomic E-state index is 12.8. The van der Waals surface area contributed by atoms with Crippen LogP contribution in [0, 0.1) is 6.92 Å². The lowest BCUT2D eigenvalue weighted by Crippen LogP contribution is -2.40. The fourth-order valence-electron chi connectivity index (χ4n) is 3.13. The first-order valence-corrected chi connectivity index (χ1v) is 11.2. The van der Waals surface area contributed by atoms with Gasteiger partial charge in [-0.2, -0.15) is 4.31 Å². The molecule has 156 valence electrons. The maximum Gasteiger partial charge on any atom is 0.243 e. The van der Waals surface area contributed by atoms with E-state index in [0.29, 0.717) is 5.02 Å². The first-order chi connectivity index (χ1) is 14.3. The third-order valence-corrected chi connectivity index (χ3v) is 6.77. The number of amides is 1. The fourth-order valence-corrected chi connectivity index (χ4v) is 4.39. The number of nitrogens with one attached hydrogen (secondary N) is 1. The van der Waals surface area contributed by atoms with Crippen LogP contribution in [0.3, 0.4) is 0 Å². The van der Waals surface area contributed by atoms with E-state index >= 15 is 0 Å². The summed E-state index contributed by atoms with van der Waals surface area (Å²) in [5.41, 5.74) is 2.92. The van der Waals surface area contributed by atoms with Gasteiger partial charge in [-0.15, -0.1) is 0 Å². The van der Waals surface area contributed by atoms with Crippen LogP contribution in [0.25, 0.3) is 0 Å². The first-order valence-electron chi connectivity index (χ1n) is 9.40. The molecular weight excluding hydrogens is 420 g/mol. The number of nitrogens with zero attached hydrogens (tertiary/aromatic N) is 1. The Morgan fingerprint density at radius 3 is 2.23 bits per heavy atom. The van der Waals surface area contributed by atoms with Crippen molar-refractivity contribution in [1.29, 1.82) is 0 Å². The largest absolute Gasteiger partial charge is 0.344 e. The fraction of sp³-hybridized carbons (Fsp3) is 0.174. The van der Waals surface area contributed by atoms with E-state index in [1.54, 1.807) is 0 Å². The van der Waals surface area contributed by atoms with Crippen molar-refractivity contribution in [1.82, 2.24) is 9.62 Å². The summed E-state index contributed by atoms with van der Waals surface area (Å²) >= 11 is 5.84. The molecule has 0 bridgehead atoms. The van der Waals surface area contributed by atoms with E-state index in [-0.39, 0.29) is 17.5 Å². The molecule has 0 saturated heterocycles. The van der Waals surface area contributed by atoms with Crippen LogP contribution in [0.1, 0.15) is 22.7 Å². The van der Waals surface area contributed by atoms with Crippen molar-refractivity contribution in [3.8, 4) is 0 Å². The van der Waals surface area contributed by atoms with E-state index in [9.17, 15) is 13.2 Å². The zero-order chi connectivity index (χ0) is 21.7. The number of carbonyl (C=O) groups is 1. The summed E-state index contributed by atoms with van der Waals surface area (Å²) in [7, 11) is -2.43. The number of hydrogen-bond donors (Lipinski definition) is 1. The molecule has 3 rings (SSSR count). The highest BCUT2D eigenvalue weighted by atomic mass is 35.5. The normalized spacial score (nSPS) is 12.5. The minimum absolute atomic E-state index is 0.0838. The molecule has 0 fully saturated rings. The molecule has 0 aliphatic carbocycles. The van der Waals surface area contributed by atoms with E-state index < -0.39 is 15.9 Å². The molecule has 3 aromatic rings. The van der Waals surface area contributed by atoms with Crippen molar-refractivity contribution in [2.24, 2.45) is 0 Å². The number of sulfonamides is 1. The Kier molecular flexibility index (Phi) is 6.92. The van der Waals surface area contributed by atoms with Gasteiger partial charge in [0.2, 0.25) is 15.9 Å². The van der Waals surface area contributed by atoms with Gasteiger partial charge in [0.15, 0.2) is 0 Å². The predicted octanol–water partition coefficient (Wildman–Crippen LogP) is 4.17. The summed E-state index contributed by atoms with van der Waals surface area (Å²) in [6.07, 6.45) is 0. The second-order valence-electron chi connectivity index (χ2n) is 7.04. The molecule has 0 aromatic heterocycles. The van der Waals surface area contributed by atoms with E-state index in [1.807, 2.05) is 61.5 Å². The van der Waals surface area contributed by atoms with Crippen LogP contribution in [-0.4, -0.2) is 32.2 Å². The number of aryl methyl sites for hydroxylation is 1. The highest BCUT2D eigenvalue weighted by Gasteiger charge is 2.24. The zero-order valence-corrected chi connectivity index (χ0v) is 18.3. The summed E-state index contributed by atoms with van der Waals surface area (Å²) in [5.74, 6) is -0.398. The van der Waals surface area contributed by atoms with Crippen molar-refractivity contribution in [3.05, 3.63) is 101 Å². The smallest absolute Gasteiger partial charge is 0.243 e. The second-order valence-corrected chi connectivity index (χ2v) is 9.52. The van der Waals surface area contributed by atoms with Crippen molar-refractivity contribution in [3.63, 3.8) is 0 Å². The van der Waals surface area contributed by atoms with Crippen molar-refractivity contribution < 1.29 is 13.2 Å². The van der Waals surface area contributed by atoms with Crippen molar-refractivity contribution in [2.45, 2.75) is 17.9 Å². The van der Waals surface area contributed by atoms with Gasteiger partial charge in [0.05, 0.1) is 17.5 Å². The molecular formula is C23H23ClN2O3S. The maximum absolute atomic E-state index is 12.8. The van der Waals surface area contributed by atoms with Crippen LogP contribution in [0.4, 0.5) is 0 Å². The SMILES string of the molecule is Cc1cccc([C@@H](NC(=O)CN(C)S(=O)(=O)c2ccc(Cl)cc2)c2ccccc2)c1. The average Bonchev–Trinajstić information content (AvgIpc) is 2.73. The van der Waals surface area contributed by atoms with Crippen LogP contribution >= 0.6 is 11.6 Å². The Balaban J connectivity index is 1.80. The number of benzene rings is 3. The molecule has 1 N–H and O–H groups in total. The average molecular weight is 443 g/mol. The molecule has 1 atom stereocenters. The van der Waals surface area contributed by atoms with Crippen LogP contribution < -0.4 is 5.32 Å². The van der Waals surface area contributed by atoms with Gasteiger partial charge in [0.25, 0.3) is 0 Å². The molecule has 0 heterocycles.